The summed E-state index contributed by atoms with van der Waals surface area (Å²) in [5.74, 6) is 3.59. The summed E-state index contributed by atoms with van der Waals surface area (Å²) >= 11 is 0. The number of methoxy groups -OCH3 is 1. The van der Waals surface area contributed by atoms with Crippen LogP contribution in [0, 0.1) is 18.3 Å². The maximum atomic E-state index is 5.91. The fraction of sp³-hybridized carbons (Fsp3) is 0.867. The summed E-state index contributed by atoms with van der Waals surface area (Å²) in [5.41, 5.74) is 0.0133. The Hall–Kier alpha value is -0.520. The maximum absolute atomic E-state index is 5.91. The van der Waals surface area contributed by atoms with Gasteiger partial charge in [0.05, 0.1) is 5.60 Å². The van der Waals surface area contributed by atoms with E-state index >= 15 is 0 Å². The zero-order valence-electron chi connectivity index (χ0n) is 11.6. The number of rotatable bonds is 6. The van der Waals surface area contributed by atoms with Gasteiger partial charge in [0.15, 0.2) is 0 Å². The standard InChI is InChI=1S/C15H27NO/c1-5-7-8-14(16-6-2)15(17-4)11-9-13(3)10-12-15/h1,13-14,16H,6-12H2,2-4H3. The van der Waals surface area contributed by atoms with Gasteiger partial charge in [-0.05, 0) is 44.6 Å². The van der Waals surface area contributed by atoms with Gasteiger partial charge in [-0.3, -0.25) is 0 Å². The summed E-state index contributed by atoms with van der Waals surface area (Å²) in [5, 5.41) is 3.57. The first kappa shape index (κ1) is 14.5. The highest BCUT2D eigenvalue weighted by Crippen LogP contribution is 2.38. The topological polar surface area (TPSA) is 21.3 Å². The molecule has 2 heteroatoms. The third-order valence-corrected chi connectivity index (χ3v) is 4.19. The number of nitrogens with one attached hydrogen (secondary N) is 1. The van der Waals surface area contributed by atoms with Gasteiger partial charge in [-0.15, -0.1) is 12.3 Å². The molecule has 1 atom stereocenters. The van der Waals surface area contributed by atoms with Gasteiger partial charge in [-0.2, -0.15) is 0 Å². The first-order chi connectivity index (χ1) is 8.18. The zero-order chi connectivity index (χ0) is 12.7. The van der Waals surface area contributed by atoms with Gasteiger partial charge < -0.3 is 10.1 Å². The molecule has 98 valence electrons. The Balaban J connectivity index is 2.69. The summed E-state index contributed by atoms with van der Waals surface area (Å²) in [7, 11) is 1.86. The van der Waals surface area contributed by atoms with Crippen LogP contribution in [0.4, 0.5) is 0 Å². The Morgan fingerprint density at radius 3 is 2.59 bits per heavy atom. The summed E-state index contributed by atoms with van der Waals surface area (Å²) in [6.45, 7) is 5.47. The number of hydrogen-bond acceptors (Lipinski definition) is 2. The molecule has 1 aliphatic rings. The molecule has 0 amide bonds. The lowest BCUT2D eigenvalue weighted by Crippen LogP contribution is -2.53. The fourth-order valence-electron chi connectivity index (χ4n) is 2.97. The van der Waals surface area contributed by atoms with Crippen molar-refractivity contribution in [3.63, 3.8) is 0 Å². The van der Waals surface area contributed by atoms with Crippen molar-refractivity contribution in [2.45, 2.75) is 64.0 Å². The molecule has 1 unspecified atom stereocenters. The van der Waals surface area contributed by atoms with Crippen LogP contribution in [0.25, 0.3) is 0 Å². The van der Waals surface area contributed by atoms with E-state index in [0.29, 0.717) is 6.04 Å². The Morgan fingerprint density at radius 1 is 1.47 bits per heavy atom. The Kier molecular flexibility index (Phi) is 6.02. The molecule has 0 aromatic rings. The lowest BCUT2D eigenvalue weighted by atomic mass is 9.74. The van der Waals surface area contributed by atoms with Gasteiger partial charge in [0.1, 0.15) is 0 Å². The normalized spacial score (nSPS) is 30.8. The van der Waals surface area contributed by atoms with Crippen LogP contribution in [0.15, 0.2) is 0 Å². The lowest BCUT2D eigenvalue weighted by Gasteiger charge is -2.44. The third kappa shape index (κ3) is 3.72. The van der Waals surface area contributed by atoms with Gasteiger partial charge in [0, 0.05) is 19.6 Å². The van der Waals surface area contributed by atoms with E-state index in [2.05, 4.69) is 25.1 Å². The molecule has 1 fully saturated rings. The van der Waals surface area contributed by atoms with Crippen LogP contribution in [0.3, 0.4) is 0 Å². The van der Waals surface area contributed by atoms with Crippen molar-refractivity contribution < 1.29 is 4.74 Å². The molecule has 0 saturated heterocycles. The van der Waals surface area contributed by atoms with Crippen molar-refractivity contribution in [3.05, 3.63) is 0 Å². The van der Waals surface area contributed by atoms with E-state index in [1.165, 1.54) is 12.8 Å². The van der Waals surface area contributed by atoms with Gasteiger partial charge in [0.25, 0.3) is 0 Å². The Labute approximate surface area is 107 Å². The molecule has 1 saturated carbocycles. The minimum Gasteiger partial charge on any atom is -0.377 e. The molecule has 0 heterocycles. The molecule has 0 radical (unpaired) electrons. The average molecular weight is 237 g/mol. The second kappa shape index (κ2) is 7.03. The molecule has 0 aromatic carbocycles. The van der Waals surface area contributed by atoms with E-state index in [4.69, 9.17) is 11.2 Å². The molecular formula is C15H27NO. The number of terminal acetylenes is 1. The molecular weight excluding hydrogens is 210 g/mol. The van der Waals surface area contributed by atoms with E-state index in [1.807, 2.05) is 7.11 Å². The summed E-state index contributed by atoms with van der Waals surface area (Å²) < 4.78 is 5.91. The van der Waals surface area contributed by atoms with Gasteiger partial charge in [-0.1, -0.05) is 13.8 Å². The monoisotopic (exact) mass is 237 g/mol. The molecule has 17 heavy (non-hydrogen) atoms. The lowest BCUT2D eigenvalue weighted by molar-refractivity contribution is -0.0758. The minimum atomic E-state index is 0.0133. The van der Waals surface area contributed by atoms with Crippen molar-refractivity contribution in [3.8, 4) is 12.3 Å². The molecule has 1 rings (SSSR count). The van der Waals surface area contributed by atoms with Gasteiger partial charge >= 0.3 is 0 Å². The van der Waals surface area contributed by atoms with Crippen LogP contribution < -0.4 is 5.32 Å². The molecule has 0 bridgehead atoms. The molecule has 0 aliphatic heterocycles. The van der Waals surface area contributed by atoms with Crippen LogP contribution in [0.5, 0.6) is 0 Å². The molecule has 2 nitrogen and oxygen atoms in total. The Bertz CT molecular complexity index is 248. The number of hydrogen-bond donors (Lipinski definition) is 1. The highest BCUT2D eigenvalue weighted by Gasteiger charge is 2.40. The predicted octanol–water partition coefficient (Wildman–Crippen LogP) is 2.97. The van der Waals surface area contributed by atoms with E-state index in [9.17, 15) is 0 Å². The van der Waals surface area contributed by atoms with Crippen molar-refractivity contribution in [2.75, 3.05) is 13.7 Å². The highest BCUT2D eigenvalue weighted by atomic mass is 16.5. The van der Waals surface area contributed by atoms with E-state index in [0.717, 1.165) is 38.1 Å². The van der Waals surface area contributed by atoms with Gasteiger partial charge in [-0.25, -0.2) is 0 Å². The minimum absolute atomic E-state index is 0.0133. The van der Waals surface area contributed by atoms with E-state index < -0.39 is 0 Å². The number of ether oxygens (including phenoxy) is 1. The highest BCUT2D eigenvalue weighted by molar-refractivity contribution is 4.98. The largest absolute Gasteiger partial charge is 0.377 e. The Morgan fingerprint density at radius 2 is 2.12 bits per heavy atom. The smallest absolute Gasteiger partial charge is 0.0831 e. The third-order valence-electron chi connectivity index (χ3n) is 4.19. The predicted molar refractivity (Wildman–Crippen MR) is 72.9 cm³/mol. The van der Waals surface area contributed by atoms with Crippen molar-refractivity contribution in [1.82, 2.24) is 5.32 Å². The molecule has 1 aliphatic carbocycles. The first-order valence-electron chi connectivity index (χ1n) is 6.90. The van der Waals surface area contributed by atoms with Crippen LogP contribution in [0.2, 0.25) is 0 Å². The van der Waals surface area contributed by atoms with Crippen LogP contribution in [-0.4, -0.2) is 25.3 Å². The molecule has 0 spiro atoms. The van der Waals surface area contributed by atoms with Crippen LogP contribution >= 0.6 is 0 Å². The van der Waals surface area contributed by atoms with Crippen molar-refractivity contribution in [1.29, 1.82) is 0 Å². The molecule has 1 N–H and O–H groups in total. The van der Waals surface area contributed by atoms with Crippen molar-refractivity contribution >= 4 is 0 Å². The SMILES string of the molecule is C#CCCC(NCC)C1(OC)CCC(C)CC1. The first-order valence-corrected chi connectivity index (χ1v) is 6.90. The summed E-state index contributed by atoms with van der Waals surface area (Å²) in [4.78, 5) is 0. The van der Waals surface area contributed by atoms with Gasteiger partial charge in [0.2, 0.25) is 0 Å². The second-order valence-corrected chi connectivity index (χ2v) is 5.30. The van der Waals surface area contributed by atoms with E-state index in [1.54, 1.807) is 0 Å². The van der Waals surface area contributed by atoms with Crippen LogP contribution in [-0.2, 0) is 4.74 Å². The quantitative estimate of drug-likeness (QED) is 0.717. The average Bonchev–Trinajstić information content (AvgIpc) is 2.36. The maximum Gasteiger partial charge on any atom is 0.0831 e. The van der Waals surface area contributed by atoms with E-state index in [-0.39, 0.29) is 5.60 Å². The molecule has 0 aromatic heterocycles. The van der Waals surface area contributed by atoms with Crippen molar-refractivity contribution in [2.24, 2.45) is 5.92 Å². The van der Waals surface area contributed by atoms with Crippen LogP contribution in [0.1, 0.15) is 52.4 Å². The summed E-state index contributed by atoms with van der Waals surface area (Å²) in [6.07, 6.45) is 12.1. The zero-order valence-corrected chi connectivity index (χ0v) is 11.6. The summed E-state index contributed by atoms with van der Waals surface area (Å²) in [6, 6.07) is 0.404. The second-order valence-electron chi connectivity index (χ2n) is 5.30. The number of likely N-dealkylation sites (N-methyl/N-ethyl adjacent to an activating group) is 1. The fourth-order valence-corrected chi connectivity index (χ4v) is 2.97.